The second-order valence-electron chi connectivity index (χ2n) is 1.83. The lowest BCUT2D eigenvalue weighted by Gasteiger charge is -1.92. The highest BCUT2D eigenvalue weighted by molar-refractivity contribution is 6.27. The monoisotopic (exact) mass is 168 g/mol. The maximum atomic E-state index is 10.6. The SMILES string of the molecule is C=C(N=CN=CC(=O)NC)NC. The first-order valence-electron chi connectivity index (χ1n) is 3.34. The average molecular weight is 168 g/mol. The first-order chi connectivity index (χ1) is 5.70. The van der Waals surface area contributed by atoms with Crippen LogP contribution in [0, 0.1) is 0 Å². The summed E-state index contributed by atoms with van der Waals surface area (Å²) < 4.78 is 0. The molecule has 0 aromatic carbocycles. The van der Waals surface area contributed by atoms with Gasteiger partial charge >= 0.3 is 0 Å². The Balaban J connectivity index is 3.81. The summed E-state index contributed by atoms with van der Waals surface area (Å²) in [7, 11) is 3.22. The van der Waals surface area contributed by atoms with Crippen molar-refractivity contribution in [3.05, 3.63) is 12.4 Å². The summed E-state index contributed by atoms with van der Waals surface area (Å²) in [5.74, 6) is 0.223. The molecule has 12 heavy (non-hydrogen) atoms. The molecule has 0 saturated carbocycles. The minimum Gasteiger partial charge on any atom is -0.374 e. The van der Waals surface area contributed by atoms with Crippen molar-refractivity contribution in [3.8, 4) is 0 Å². The predicted octanol–water partition coefficient (Wildman–Crippen LogP) is -0.478. The van der Waals surface area contributed by atoms with Crippen LogP contribution in [0.1, 0.15) is 0 Å². The molecular formula is C7H12N4O. The van der Waals surface area contributed by atoms with Crippen molar-refractivity contribution in [2.45, 2.75) is 0 Å². The van der Waals surface area contributed by atoms with E-state index in [4.69, 9.17) is 0 Å². The molecule has 0 saturated heterocycles. The third-order valence-corrected chi connectivity index (χ3v) is 1.01. The van der Waals surface area contributed by atoms with Gasteiger partial charge in [-0.3, -0.25) is 4.79 Å². The molecule has 0 unspecified atom stereocenters. The van der Waals surface area contributed by atoms with Gasteiger partial charge in [0.2, 0.25) is 0 Å². The molecule has 0 radical (unpaired) electrons. The number of rotatable bonds is 4. The highest BCUT2D eigenvalue weighted by atomic mass is 16.1. The fourth-order valence-electron chi connectivity index (χ4n) is 0.333. The number of carbonyl (C=O) groups excluding carboxylic acids is 1. The minimum atomic E-state index is -0.267. The van der Waals surface area contributed by atoms with Crippen molar-refractivity contribution in [2.24, 2.45) is 9.98 Å². The second kappa shape index (κ2) is 6.09. The zero-order valence-corrected chi connectivity index (χ0v) is 7.16. The third-order valence-electron chi connectivity index (χ3n) is 1.01. The van der Waals surface area contributed by atoms with Gasteiger partial charge in [0.25, 0.3) is 5.91 Å². The van der Waals surface area contributed by atoms with E-state index in [-0.39, 0.29) is 5.91 Å². The van der Waals surface area contributed by atoms with Crippen LogP contribution in [0.25, 0.3) is 0 Å². The van der Waals surface area contributed by atoms with E-state index in [9.17, 15) is 4.79 Å². The summed E-state index contributed by atoms with van der Waals surface area (Å²) in [6.07, 6.45) is 2.38. The number of nitrogens with zero attached hydrogens (tertiary/aromatic N) is 2. The van der Waals surface area contributed by atoms with Crippen molar-refractivity contribution in [1.82, 2.24) is 10.6 Å². The molecule has 0 spiro atoms. The van der Waals surface area contributed by atoms with Crippen molar-refractivity contribution < 1.29 is 4.79 Å². The minimum absolute atomic E-state index is 0.267. The summed E-state index contributed by atoms with van der Waals surface area (Å²) in [6.45, 7) is 3.53. The van der Waals surface area contributed by atoms with E-state index in [0.717, 1.165) is 6.21 Å². The van der Waals surface area contributed by atoms with Gasteiger partial charge < -0.3 is 10.6 Å². The normalized spacial score (nSPS) is 10.5. The van der Waals surface area contributed by atoms with Crippen molar-refractivity contribution in [3.63, 3.8) is 0 Å². The molecule has 66 valence electrons. The van der Waals surface area contributed by atoms with E-state index in [1.165, 1.54) is 13.4 Å². The van der Waals surface area contributed by atoms with Crippen molar-refractivity contribution in [2.75, 3.05) is 14.1 Å². The number of hydrogen-bond acceptors (Lipinski definition) is 3. The Hall–Kier alpha value is -1.65. The molecule has 0 bridgehead atoms. The summed E-state index contributed by atoms with van der Waals surface area (Å²) in [6, 6.07) is 0. The molecule has 0 aliphatic carbocycles. The number of carbonyl (C=O) groups is 1. The maximum Gasteiger partial charge on any atom is 0.262 e. The highest BCUT2D eigenvalue weighted by Gasteiger charge is 1.85. The van der Waals surface area contributed by atoms with E-state index in [2.05, 4.69) is 27.2 Å². The Bertz CT molecular complexity index is 195. The molecule has 0 fully saturated rings. The van der Waals surface area contributed by atoms with Gasteiger partial charge in [-0.25, -0.2) is 9.98 Å². The molecule has 0 aliphatic heterocycles. The van der Waals surface area contributed by atoms with Gasteiger partial charge in [0.15, 0.2) is 0 Å². The first-order valence-corrected chi connectivity index (χ1v) is 3.34. The van der Waals surface area contributed by atoms with Crippen LogP contribution in [-0.4, -0.2) is 32.6 Å². The van der Waals surface area contributed by atoms with Gasteiger partial charge in [-0.15, -0.1) is 0 Å². The second-order valence-corrected chi connectivity index (χ2v) is 1.83. The summed E-state index contributed by atoms with van der Waals surface area (Å²) in [5, 5.41) is 5.08. The zero-order valence-electron chi connectivity index (χ0n) is 7.16. The lowest BCUT2D eigenvalue weighted by molar-refractivity contribution is -0.113. The average Bonchev–Trinajstić information content (AvgIpc) is 2.11. The fraction of sp³-hybridized carbons (Fsp3) is 0.286. The third kappa shape index (κ3) is 5.16. The van der Waals surface area contributed by atoms with Crippen LogP contribution < -0.4 is 10.6 Å². The van der Waals surface area contributed by atoms with Crippen molar-refractivity contribution in [1.29, 1.82) is 0 Å². The number of amides is 1. The molecule has 5 nitrogen and oxygen atoms in total. The molecule has 0 aromatic rings. The van der Waals surface area contributed by atoms with Crippen LogP contribution >= 0.6 is 0 Å². The van der Waals surface area contributed by atoms with Crippen LogP contribution in [0.3, 0.4) is 0 Å². The molecule has 0 aliphatic rings. The van der Waals surface area contributed by atoms with Crippen LogP contribution in [0.15, 0.2) is 22.4 Å². The Kier molecular flexibility index (Phi) is 5.25. The molecule has 0 aromatic heterocycles. The van der Waals surface area contributed by atoms with Gasteiger partial charge in [-0.2, -0.15) is 0 Å². The highest BCUT2D eigenvalue weighted by Crippen LogP contribution is 1.79. The van der Waals surface area contributed by atoms with Crippen LogP contribution in [0.2, 0.25) is 0 Å². The molecule has 2 N–H and O–H groups in total. The lowest BCUT2D eigenvalue weighted by Crippen LogP contribution is -2.18. The Morgan fingerprint density at radius 1 is 1.42 bits per heavy atom. The molecule has 0 heterocycles. The fourth-order valence-corrected chi connectivity index (χ4v) is 0.333. The zero-order chi connectivity index (χ0) is 9.40. The van der Waals surface area contributed by atoms with Crippen LogP contribution in [0.4, 0.5) is 0 Å². The van der Waals surface area contributed by atoms with Gasteiger partial charge in [0.1, 0.15) is 12.2 Å². The molecule has 5 heteroatoms. The topological polar surface area (TPSA) is 65.8 Å². The van der Waals surface area contributed by atoms with E-state index < -0.39 is 0 Å². The van der Waals surface area contributed by atoms with E-state index >= 15 is 0 Å². The first kappa shape index (κ1) is 10.3. The number of aliphatic imine (C=N–C) groups is 2. The molecule has 1 amide bonds. The predicted molar refractivity (Wildman–Crippen MR) is 49.3 cm³/mol. The van der Waals surface area contributed by atoms with Gasteiger partial charge in [-0.05, 0) is 0 Å². The van der Waals surface area contributed by atoms with Gasteiger partial charge in [0.05, 0.1) is 6.21 Å². The van der Waals surface area contributed by atoms with E-state index in [1.54, 1.807) is 7.05 Å². The Morgan fingerprint density at radius 2 is 2.08 bits per heavy atom. The smallest absolute Gasteiger partial charge is 0.262 e. The maximum absolute atomic E-state index is 10.6. The molecule has 0 atom stereocenters. The Morgan fingerprint density at radius 3 is 2.58 bits per heavy atom. The lowest BCUT2D eigenvalue weighted by atomic mass is 10.7. The molecular weight excluding hydrogens is 156 g/mol. The molecule has 0 rings (SSSR count). The van der Waals surface area contributed by atoms with Gasteiger partial charge in [-0.1, -0.05) is 6.58 Å². The van der Waals surface area contributed by atoms with Gasteiger partial charge in [0, 0.05) is 14.1 Å². The Labute approximate surface area is 71.3 Å². The number of nitrogens with one attached hydrogen (secondary N) is 2. The van der Waals surface area contributed by atoms with Crippen LogP contribution in [0.5, 0.6) is 0 Å². The summed E-state index contributed by atoms with van der Waals surface area (Å²) in [4.78, 5) is 17.9. The van der Waals surface area contributed by atoms with E-state index in [1.807, 2.05) is 0 Å². The standard InChI is InChI=1S/C7H12N4O/c1-6(8-2)11-5-10-4-7(12)9-3/h4-5,8H,1H2,2-3H3,(H,9,12). The van der Waals surface area contributed by atoms with Crippen LogP contribution in [-0.2, 0) is 4.79 Å². The number of hydrogen-bond donors (Lipinski definition) is 2. The van der Waals surface area contributed by atoms with Crippen molar-refractivity contribution >= 4 is 18.5 Å². The largest absolute Gasteiger partial charge is 0.374 e. The summed E-state index contributed by atoms with van der Waals surface area (Å²) in [5.41, 5.74) is 0. The van der Waals surface area contributed by atoms with E-state index in [0.29, 0.717) is 5.82 Å². The summed E-state index contributed by atoms with van der Waals surface area (Å²) >= 11 is 0. The quantitative estimate of drug-likeness (QED) is 0.440.